The van der Waals surface area contributed by atoms with E-state index in [9.17, 15) is 9.90 Å². The van der Waals surface area contributed by atoms with Crippen LogP contribution in [0.5, 0.6) is 11.5 Å². The number of amides is 1. The van der Waals surface area contributed by atoms with Crippen LogP contribution in [0.3, 0.4) is 0 Å². The molecular formula is C27H22FN5O4S. The maximum Gasteiger partial charge on any atom is 0.412 e. The molecule has 1 aliphatic heterocycles. The molecule has 1 aliphatic rings. The Balaban J connectivity index is 1.37. The Morgan fingerprint density at radius 2 is 1.97 bits per heavy atom. The van der Waals surface area contributed by atoms with Crippen molar-refractivity contribution < 1.29 is 23.8 Å². The van der Waals surface area contributed by atoms with Gasteiger partial charge in [-0.3, -0.25) is 9.88 Å². The summed E-state index contributed by atoms with van der Waals surface area (Å²) in [6.07, 6.45) is 3.15. The topological polar surface area (TPSA) is 111 Å². The van der Waals surface area contributed by atoms with E-state index in [2.05, 4.69) is 15.0 Å². The highest BCUT2D eigenvalue weighted by atomic mass is 32.1. The molecule has 0 unspecified atom stereocenters. The van der Waals surface area contributed by atoms with Crippen molar-refractivity contribution in [3.63, 3.8) is 0 Å². The molecular weight excluding hydrogens is 509 g/mol. The van der Waals surface area contributed by atoms with Crippen LogP contribution >= 0.6 is 11.3 Å². The molecule has 1 atom stereocenters. The van der Waals surface area contributed by atoms with Crippen molar-refractivity contribution in [2.75, 3.05) is 18.6 Å². The minimum Gasteiger partial charge on any atom is -0.495 e. The summed E-state index contributed by atoms with van der Waals surface area (Å²) in [5.41, 5.74) is 4.20. The predicted octanol–water partition coefficient (Wildman–Crippen LogP) is 5.55. The van der Waals surface area contributed by atoms with Crippen LogP contribution in [0.15, 0.2) is 42.9 Å². The highest BCUT2D eigenvalue weighted by Crippen LogP contribution is 2.43. The van der Waals surface area contributed by atoms with Crippen LogP contribution in [0, 0.1) is 19.7 Å². The third-order valence-corrected chi connectivity index (χ3v) is 7.63. The largest absolute Gasteiger partial charge is 0.495 e. The monoisotopic (exact) mass is 531 g/mol. The van der Waals surface area contributed by atoms with E-state index in [0.29, 0.717) is 39.8 Å². The van der Waals surface area contributed by atoms with Gasteiger partial charge >= 0.3 is 6.09 Å². The fraction of sp³-hybridized carbons (Fsp3) is 0.222. The third-order valence-electron chi connectivity index (χ3n) is 6.46. The number of carbonyl (C=O) groups is 1. The highest BCUT2D eigenvalue weighted by molar-refractivity contribution is 7.22. The number of pyridine rings is 1. The number of hydrogen-bond donors (Lipinski definition) is 1. The maximum atomic E-state index is 15.1. The van der Waals surface area contributed by atoms with E-state index in [0.717, 1.165) is 31.6 Å². The summed E-state index contributed by atoms with van der Waals surface area (Å²) in [5.74, 6) is 0.809. The first-order valence-electron chi connectivity index (χ1n) is 11.8. The van der Waals surface area contributed by atoms with Crippen molar-refractivity contribution in [2.45, 2.75) is 26.4 Å². The number of thiazole rings is 1. The number of hydrogen-bond acceptors (Lipinski definition) is 8. The molecule has 38 heavy (non-hydrogen) atoms. The van der Waals surface area contributed by atoms with E-state index in [1.54, 1.807) is 20.2 Å². The van der Waals surface area contributed by atoms with Crippen molar-refractivity contribution in [1.82, 2.24) is 19.9 Å². The minimum atomic E-state index is -1.17. The summed E-state index contributed by atoms with van der Waals surface area (Å²) in [4.78, 5) is 30.6. The molecule has 9 nitrogen and oxygen atoms in total. The SMILES string of the molecule is COc1cnc2c(-c3nc4cc(F)c5c(c4s3)C[C@H](CN(C(=O)O)c3cnc(C)nc3)O5)cc(C)cc2c1. The maximum absolute atomic E-state index is 15.1. The zero-order valence-electron chi connectivity index (χ0n) is 20.7. The summed E-state index contributed by atoms with van der Waals surface area (Å²) in [6.45, 7) is 3.71. The average molecular weight is 532 g/mol. The summed E-state index contributed by atoms with van der Waals surface area (Å²) in [7, 11) is 1.60. The lowest BCUT2D eigenvalue weighted by Crippen LogP contribution is -2.38. The normalized spacial score (nSPS) is 14.5. The van der Waals surface area contributed by atoms with Gasteiger partial charge in [0.25, 0.3) is 0 Å². The van der Waals surface area contributed by atoms with E-state index >= 15 is 4.39 Å². The second-order valence-electron chi connectivity index (χ2n) is 9.12. The van der Waals surface area contributed by atoms with Gasteiger partial charge in [-0.15, -0.1) is 11.3 Å². The summed E-state index contributed by atoms with van der Waals surface area (Å²) < 4.78 is 27.2. The Hall–Kier alpha value is -4.38. The van der Waals surface area contributed by atoms with Crippen molar-refractivity contribution in [1.29, 1.82) is 0 Å². The highest BCUT2D eigenvalue weighted by Gasteiger charge is 2.33. The van der Waals surface area contributed by atoms with Crippen LogP contribution < -0.4 is 14.4 Å². The molecule has 1 amide bonds. The van der Waals surface area contributed by atoms with Gasteiger partial charge < -0.3 is 14.6 Å². The number of aromatic nitrogens is 4. The lowest BCUT2D eigenvalue weighted by Gasteiger charge is -2.22. The average Bonchev–Trinajstić information content (AvgIpc) is 3.51. The van der Waals surface area contributed by atoms with Crippen LogP contribution in [0.4, 0.5) is 14.9 Å². The molecule has 2 aromatic carbocycles. The molecule has 0 saturated heterocycles. The molecule has 1 N–H and O–H groups in total. The van der Waals surface area contributed by atoms with Crippen molar-refractivity contribution in [3.05, 3.63) is 65.6 Å². The molecule has 0 aliphatic carbocycles. The molecule has 6 rings (SSSR count). The van der Waals surface area contributed by atoms with E-state index < -0.39 is 18.0 Å². The molecule has 11 heteroatoms. The number of methoxy groups -OCH3 is 1. The summed E-state index contributed by atoms with van der Waals surface area (Å²) in [6, 6.07) is 7.34. The molecule has 0 bridgehead atoms. The van der Waals surface area contributed by atoms with E-state index in [1.807, 2.05) is 25.1 Å². The Morgan fingerprint density at radius 1 is 1.18 bits per heavy atom. The number of anilines is 1. The zero-order chi connectivity index (χ0) is 26.6. The number of nitrogens with zero attached hydrogens (tertiary/aromatic N) is 5. The number of carboxylic acid groups (broad SMARTS) is 1. The first-order chi connectivity index (χ1) is 18.3. The van der Waals surface area contributed by atoms with Crippen LogP contribution in [0.25, 0.3) is 31.7 Å². The Bertz CT molecular complexity index is 1720. The van der Waals surface area contributed by atoms with Gasteiger partial charge in [-0.2, -0.15) is 0 Å². The number of aryl methyl sites for hydroxylation is 2. The van der Waals surface area contributed by atoms with Gasteiger partial charge in [0.15, 0.2) is 11.6 Å². The second-order valence-corrected chi connectivity index (χ2v) is 10.1. The molecule has 0 radical (unpaired) electrons. The number of fused-ring (bicyclic) bond motifs is 4. The molecule has 192 valence electrons. The standard InChI is InChI=1S/C27H22FN5O4S/c1-13-4-15-6-17(36-3)11-31-23(15)19(5-13)26-32-22-8-21(28)24-20(25(22)38-26)7-18(37-24)12-33(27(34)35)16-9-29-14(2)30-10-16/h4-6,8-11,18H,7,12H2,1-3H3,(H,34,35)/t18-/m1/s1. The summed E-state index contributed by atoms with van der Waals surface area (Å²) >= 11 is 1.44. The van der Waals surface area contributed by atoms with Crippen molar-refractivity contribution in [3.8, 4) is 22.1 Å². The van der Waals surface area contributed by atoms with Gasteiger partial charge in [0.1, 0.15) is 22.7 Å². The quantitative estimate of drug-likeness (QED) is 0.314. The zero-order valence-corrected chi connectivity index (χ0v) is 21.5. The van der Waals surface area contributed by atoms with Crippen LogP contribution in [-0.2, 0) is 6.42 Å². The van der Waals surface area contributed by atoms with Gasteiger partial charge in [-0.25, -0.2) is 24.1 Å². The van der Waals surface area contributed by atoms with Crippen LogP contribution in [-0.4, -0.2) is 50.9 Å². The lowest BCUT2D eigenvalue weighted by atomic mass is 10.1. The molecule has 4 heterocycles. The van der Waals surface area contributed by atoms with E-state index in [-0.39, 0.29) is 12.3 Å². The van der Waals surface area contributed by atoms with Crippen molar-refractivity contribution in [2.24, 2.45) is 0 Å². The minimum absolute atomic E-state index is 0.00268. The van der Waals surface area contributed by atoms with E-state index in [1.165, 1.54) is 29.8 Å². The number of halogens is 1. The van der Waals surface area contributed by atoms with Gasteiger partial charge in [-0.1, -0.05) is 0 Å². The van der Waals surface area contributed by atoms with Gasteiger partial charge in [0.05, 0.1) is 53.7 Å². The number of ether oxygens (including phenoxy) is 2. The smallest absolute Gasteiger partial charge is 0.412 e. The number of rotatable bonds is 5. The molecule has 0 saturated carbocycles. The fourth-order valence-electron chi connectivity index (χ4n) is 4.72. The first kappa shape index (κ1) is 24.0. The lowest BCUT2D eigenvalue weighted by molar-refractivity contribution is 0.190. The molecule has 0 spiro atoms. The van der Waals surface area contributed by atoms with Gasteiger partial charge in [0.2, 0.25) is 0 Å². The Morgan fingerprint density at radius 3 is 2.71 bits per heavy atom. The molecule has 0 fully saturated rings. The van der Waals surface area contributed by atoms with Gasteiger partial charge in [0, 0.05) is 29.0 Å². The second kappa shape index (κ2) is 9.18. The Kier molecular flexibility index (Phi) is 5.79. The number of benzene rings is 2. The fourth-order valence-corrected chi connectivity index (χ4v) is 5.83. The molecule has 5 aromatic rings. The summed E-state index contributed by atoms with van der Waals surface area (Å²) in [5, 5.41) is 11.4. The molecule has 3 aromatic heterocycles. The first-order valence-corrected chi connectivity index (χ1v) is 12.6. The van der Waals surface area contributed by atoms with Crippen molar-refractivity contribution >= 4 is 44.2 Å². The van der Waals surface area contributed by atoms with Crippen LogP contribution in [0.1, 0.15) is 17.0 Å². The Labute approximate surface area is 220 Å². The van der Waals surface area contributed by atoms with E-state index in [4.69, 9.17) is 14.5 Å². The van der Waals surface area contributed by atoms with Gasteiger partial charge in [-0.05, 0) is 37.6 Å². The third kappa shape index (κ3) is 4.14. The van der Waals surface area contributed by atoms with Crippen LogP contribution in [0.2, 0.25) is 0 Å². The predicted molar refractivity (Wildman–Crippen MR) is 142 cm³/mol.